The molecule has 1 fully saturated rings. The largest absolute Gasteiger partial charge is 0.469 e. The van der Waals surface area contributed by atoms with Crippen molar-refractivity contribution in [3.63, 3.8) is 0 Å². The molecule has 1 aromatic carbocycles. The average Bonchev–Trinajstić information content (AvgIpc) is 3.20. The van der Waals surface area contributed by atoms with Crippen molar-refractivity contribution >= 4 is 35.6 Å². The number of nitrogens with one attached hydrogen (secondary N) is 1. The molecule has 5 nitrogen and oxygen atoms in total. The number of halogens is 1. The number of hydrogen-bond acceptors (Lipinski definition) is 3. The van der Waals surface area contributed by atoms with Crippen LogP contribution in [0.2, 0.25) is 0 Å². The second-order valence-corrected chi connectivity index (χ2v) is 6.87. The summed E-state index contributed by atoms with van der Waals surface area (Å²) >= 11 is 0. The zero-order valence-electron chi connectivity index (χ0n) is 16.4. The SMILES string of the molecule is CN=C(NCCc1ccco1)N(C)Cc1ccc(N2CCCCC2)cc1.I. The van der Waals surface area contributed by atoms with Crippen LogP contribution in [0.15, 0.2) is 52.1 Å². The van der Waals surface area contributed by atoms with Crippen LogP contribution < -0.4 is 10.2 Å². The fraction of sp³-hybridized carbons (Fsp3) is 0.476. The summed E-state index contributed by atoms with van der Waals surface area (Å²) in [4.78, 5) is 9.03. The first kappa shape index (κ1) is 21.6. The Labute approximate surface area is 179 Å². The highest BCUT2D eigenvalue weighted by Crippen LogP contribution is 2.20. The molecule has 148 valence electrons. The van der Waals surface area contributed by atoms with Gasteiger partial charge in [0.2, 0.25) is 0 Å². The number of guanidine groups is 1. The van der Waals surface area contributed by atoms with Gasteiger partial charge >= 0.3 is 0 Å². The van der Waals surface area contributed by atoms with Crippen molar-refractivity contribution < 1.29 is 4.42 Å². The predicted octanol–water partition coefficient (Wildman–Crippen LogP) is 4.14. The second-order valence-electron chi connectivity index (χ2n) is 6.87. The van der Waals surface area contributed by atoms with Gasteiger partial charge in [-0.15, -0.1) is 24.0 Å². The summed E-state index contributed by atoms with van der Waals surface area (Å²) in [5.74, 6) is 1.89. The number of furan rings is 1. The van der Waals surface area contributed by atoms with Crippen molar-refractivity contribution in [3.8, 4) is 0 Å². The molecule has 0 bridgehead atoms. The molecule has 0 amide bonds. The molecule has 0 saturated carbocycles. The van der Waals surface area contributed by atoms with E-state index in [2.05, 4.69) is 51.4 Å². The molecule has 0 radical (unpaired) electrons. The molecule has 0 aliphatic carbocycles. The molecule has 6 heteroatoms. The van der Waals surface area contributed by atoms with Gasteiger partial charge in [0.05, 0.1) is 6.26 Å². The molecular weight excluding hydrogens is 451 g/mol. The molecule has 1 aliphatic heterocycles. The minimum absolute atomic E-state index is 0. The predicted molar refractivity (Wildman–Crippen MR) is 123 cm³/mol. The summed E-state index contributed by atoms with van der Waals surface area (Å²) in [5, 5.41) is 3.40. The molecule has 1 saturated heterocycles. The lowest BCUT2D eigenvalue weighted by atomic mass is 10.1. The number of benzene rings is 1. The molecule has 3 rings (SSSR count). The Bertz CT molecular complexity index is 679. The summed E-state index contributed by atoms with van der Waals surface area (Å²) in [7, 11) is 3.89. The Morgan fingerprint density at radius 2 is 1.89 bits per heavy atom. The normalized spacial score (nSPS) is 14.6. The van der Waals surface area contributed by atoms with E-state index in [0.29, 0.717) is 0 Å². The summed E-state index contributed by atoms with van der Waals surface area (Å²) in [6, 6.07) is 12.9. The van der Waals surface area contributed by atoms with E-state index in [-0.39, 0.29) is 24.0 Å². The van der Waals surface area contributed by atoms with Crippen molar-refractivity contribution in [3.05, 3.63) is 54.0 Å². The molecule has 1 aliphatic rings. The minimum atomic E-state index is 0. The van der Waals surface area contributed by atoms with Crippen LogP contribution in [0, 0.1) is 0 Å². The Kier molecular flexibility index (Phi) is 8.97. The van der Waals surface area contributed by atoms with Crippen LogP contribution in [0.1, 0.15) is 30.6 Å². The lowest BCUT2D eigenvalue weighted by molar-refractivity contribution is 0.469. The van der Waals surface area contributed by atoms with Crippen molar-refractivity contribution in [2.24, 2.45) is 4.99 Å². The number of hydrogen-bond donors (Lipinski definition) is 1. The Morgan fingerprint density at radius 1 is 1.15 bits per heavy atom. The van der Waals surface area contributed by atoms with Crippen LogP contribution in [-0.4, -0.2) is 44.6 Å². The van der Waals surface area contributed by atoms with Gasteiger partial charge in [-0.25, -0.2) is 0 Å². The van der Waals surface area contributed by atoms with E-state index in [1.807, 2.05) is 19.2 Å². The van der Waals surface area contributed by atoms with Crippen molar-refractivity contribution in [2.75, 3.05) is 38.6 Å². The average molecular weight is 482 g/mol. The quantitative estimate of drug-likeness (QED) is 0.382. The van der Waals surface area contributed by atoms with Gasteiger partial charge in [0.1, 0.15) is 5.76 Å². The molecule has 0 unspecified atom stereocenters. The Morgan fingerprint density at radius 3 is 2.52 bits per heavy atom. The van der Waals surface area contributed by atoms with E-state index in [0.717, 1.165) is 31.2 Å². The van der Waals surface area contributed by atoms with E-state index < -0.39 is 0 Å². The summed E-state index contributed by atoms with van der Waals surface area (Å²) in [6.45, 7) is 4.01. The third-order valence-electron chi connectivity index (χ3n) is 4.89. The highest BCUT2D eigenvalue weighted by atomic mass is 127. The summed E-state index contributed by atoms with van der Waals surface area (Å²) < 4.78 is 5.37. The van der Waals surface area contributed by atoms with Gasteiger partial charge in [0.25, 0.3) is 0 Å². The first-order chi connectivity index (χ1) is 12.8. The standard InChI is InChI=1S/C21H30N4O.HI/c1-22-21(23-13-12-20-7-6-16-26-20)24(2)17-18-8-10-19(11-9-18)25-14-4-3-5-15-25;/h6-11,16H,3-5,12-15,17H2,1-2H3,(H,22,23);1H. The third kappa shape index (κ3) is 6.45. The molecule has 2 heterocycles. The maximum Gasteiger partial charge on any atom is 0.193 e. The molecule has 2 aromatic rings. The fourth-order valence-corrected chi connectivity index (χ4v) is 3.45. The third-order valence-corrected chi connectivity index (χ3v) is 4.89. The monoisotopic (exact) mass is 482 g/mol. The van der Waals surface area contributed by atoms with Crippen LogP contribution in [0.3, 0.4) is 0 Å². The van der Waals surface area contributed by atoms with E-state index in [9.17, 15) is 0 Å². The van der Waals surface area contributed by atoms with Gasteiger partial charge in [-0.1, -0.05) is 12.1 Å². The summed E-state index contributed by atoms with van der Waals surface area (Å²) in [6.07, 6.45) is 6.55. The molecular formula is C21H31IN4O. The second kappa shape index (κ2) is 11.2. The first-order valence-corrected chi connectivity index (χ1v) is 9.54. The van der Waals surface area contributed by atoms with Crippen LogP contribution in [0.5, 0.6) is 0 Å². The summed E-state index contributed by atoms with van der Waals surface area (Å²) in [5.41, 5.74) is 2.64. The van der Waals surface area contributed by atoms with E-state index in [1.54, 1.807) is 6.26 Å². The maximum absolute atomic E-state index is 5.37. The zero-order valence-corrected chi connectivity index (χ0v) is 18.7. The number of piperidine rings is 1. The van der Waals surface area contributed by atoms with E-state index in [4.69, 9.17) is 4.42 Å². The van der Waals surface area contributed by atoms with Gasteiger partial charge < -0.3 is 19.5 Å². The number of nitrogens with zero attached hydrogens (tertiary/aromatic N) is 3. The van der Waals surface area contributed by atoms with E-state index in [1.165, 1.54) is 43.6 Å². The van der Waals surface area contributed by atoms with Crippen molar-refractivity contribution in [1.82, 2.24) is 10.2 Å². The van der Waals surface area contributed by atoms with Crippen LogP contribution in [0.25, 0.3) is 0 Å². The van der Waals surface area contributed by atoms with Gasteiger partial charge in [-0.3, -0.25) is 4.99 Å². The lowest BCUT2D eigenvalue weighted by Crippen LogP contribution is -2.39. The highest BCUT2D eigenvalue weighted by molar-refractivity contribution is 14.0. The van der Waals surface area contributed by atoms with Crippen LogP contribution >= 0.6 is 24.0 Å². The Balaban J connectivity index is 0.00000261. The smallest absolute Gasteiger partial charge is 0.193 e. The molecule has 1 aromatic heterocycles. The molecule has 27 heavy (non-hydrogen) atoms. The number of anilines is 1. The lowest BCUT2D eigenvalue weighted by Gasteiger charge is -2.29. The minimum Gasteiger partial charge on any atom is -0.469 e. The van der Waals surface area contributed by atoms with Gasteiger partial charge in [0, 0.05) is 52.4 Å². The fourth-order valence-electron chi connectivity index (χ4n) is 3.45. The van der Waals surface area contributed by atoms with Crippen molar-refractivity contribution in [1.29, 1.82) is 0 Å². The van der Waals surface area contributed by atoms with Crippen LogP contribution in [-0.2, 0) is 13.0 Å². The molecule has 0 atom stereocenters. The number of aliphatic imine (C=N–C) groups is 1. The molecule has 0 spiro atoms. The first-order valence-electron chi connectivity index (χ1n) is 9.54. The maximum atomic E-state index is 5.37. The van der Waals surface area contributed by atoms with Gasteiger partial charge in [0.15, 0.2) is 5.96 Å². The van der Waals surface area contributed by atoms with Crippen LogP contribution in [0.4, 0.5) is 5.69 Å². The number of rotatable bonds is 6. The Hall–Kier alpha value is -1.70. The highest BCUT2D eigenvalue weighted by Gasteiger charge is 2.11. The zero-order chi connectivity index (χ0) is 18.2. The topological polar surface area (TPSA) is 44.0 Å². The van der Waals surface area contributed by atoms with Crippen molar-refractivity contribution in [2.45, 2.75) is 32.2 Å². The van der Waals surface area contributed by atoms with Gasteiger partial charge in [-0.05, 0) is 49.1 Å². The molecule has 1 N–H and O–H groups in total. The van der Waals surface area contributed by atoms with E-state index >= 15 is 0 Å². The van der Waals surface area contributed by atoms with Gasteiger partial charge in [-0.2, -0.15) is 0 Å².